The maximum atomic E-state index is 13.1. The fraction of sp³-hybridized carbons (Fsp3) is 0.100. The third-order valence-electron chi connectivity index (χ3n) is 1.95. The van der Waals surface area contributed by atoms with E-state index >= 15 is 0 Å². The molecule has 2 rings (SSSR count). The Labute approximate surface area is 90.0 Å². The van der Waals surface area contributed by atoms with Crippen molar-refractivity contribution in [2.75, 3.05) is 0 Å². The molecule has 0 aliphatic heterocycles. The molecule has 0 amide bonds. The van der Waals surface area contributed by atoms with Crippen LogP contribution in [0.2, 0.25) is 0 Å². The topological polar surface area (TPSA) is 59.1 Å². The maximum Gasteiger partial charge on any atom is 0.165 e. The van der Waals surface area contributed by atoms with Gasteiger partial charge in [0.2, 0.25) is 0 Å². The van der Waals surface area contributed by atoms with Crippen LogP contribution in [0.5, 0.6) is 5.75 Å². The van der Waals surface area contributed by atoms with Crippen LogP contribution in [0.4, 0.5) is 4.39 Å². The SMILES string of the molecule is NCc1cnc(-c2ccc(O)c(F)c2)s1. The molecule has 1 aromatic carbocycles. The van der Waals surface area contributed by atoms with Crippen LogP contribution in [0.25, 0.3) is 10.6 Å². The number of rotatable bonds is 2. The number of hydrogen-bond acceptors (Lipinski definition) is 4. The molecule has 0 aliphatic rings. The molecular formula is C10H9FN2OS. The van der Waals surface area contributed by atoms with Crippen molar-refractivity contribution in [3.05, 3.63) is 35.1 Å². The Kier molecular flexibility index (Phi) is 2.66. The first kappa shape index (κ1) is 10.1. The fourth-order valence-electron chi connectivity index (χ4n) is 1.18. The van der Waals surface area contributed by atoms with Gasteiger partial charge in [-0.2, -0.15) is 0 Å². The average molecular weight is 224 g/mol. The first-order valence-electron chi connectivity index (χ1n) is 4.34. The molecule has 0 aliphatic carbocycles. The summed E-state index contributed by atoms with van der Waals surface area (Å²) in [6.07, 6.45) is 1.67. The summed E-state index contributed by atoms with van der Waals surface area (Å²) in [5.41, 5.74) is 6.10. The van der Waals surface area contributed by atoms with Crippen molar-refractivity contribution in [3.8, 4) is 16.3 Å². The minimum absolute atomic E-state index is 0.352. The Balaban J connectivity index is 2.40. The largest absolute Gasteiger partial charge is 0.505 e. The van der Waals surface area contributed by atoms with Gasteiger partial charge in [-0.1, -0.05) is 0 Å². The highest BCUT2D eigenvalue weighted by Crippen LogP contribution is 2.28. The van der Waals surface area contributed by atoms with Crippen LogP contribution in [0, 0.1) is 5.82 Å². The number of nitrogens with two attached hydrogens (primary N) is 1. The van der Waals surface area contributed by atoms with E-state index in [2.05, 4.69) is 4.98 Å². The van der Waals surface area contributed by atoms with E-state index in [4.69, 9.17) is 10.8 Å². The lowest BCUT2D eigenvalue weighted by Gasteiger charge is -1.98. The molecule has 0 unspecified atom stereocenters. The van der Waals surface area contributed by atoms with Crippen molar-refractivity contribution < 1.29 is 9.50 Å². The molecule has 0 bridgehead atoms. The van der Waals surface area contributed by atoms with Crippen molar-refractivity contribution in [1.29, 1.82) is 0 Å². The van der Waals surface area contributed by atoms with E-state index in [1.807, 2.05) is 0 Å². The minimum Gasteiger partial charge on any atom is -0.505 e. The summed E-state index contributed by atoms with van der Waals surface area (Å²) in [5, 5.41) is 9.73. The number of aromatic nitrogens is 1. The van der Waals surface area contributed by atoms with Gasteiger partial charge in [0.15, 0.2) is 11.6 Å². The summed E-state index contributed by atoms with van der Waals surface area (Å²) in [6, 6.07) is 4.19. The predicted molar refractivity (Wildman–Crippen MR) is 57.1 cm³/mol. The van der Waals surface area contributed by atoms with Crippen LogP contribution in [0.1, 0.15) is 4.88 Å². The Morgan fingerprint density at radius 1 is 1.47 bits per heavy atom. The first-order chi connectivity index (χ1) is 7.20. The highest BCUT2D eigenvalue weighted by atomic mass is 32.1. The number of phenols is 1. The number of hydrogen-bond donors (Lipinski definition) is 2. The minimum atomic E-state index is -0.642. The number of thiazole rings is 1. The molecule has 1 heterocycles. The summed E-state index contributed by atoms with van der Waals surface area (Å²) in [5.74, 6) is -0.994. The molecule has 3 nitrogen and oxygen atoms in total. The Bertz CT molecular complexity index is 484. The molecule has 0 spiro atoms. The summed E-state index contributed by atoms with van der Waals surface area (Å²) < 4.78 is 13.1. The number of benzene rings is 1. The van der Waals surface area contributed by atoms with E-state index < -0.39 is 5.82 Å². The van der Waals surface area contributed by atoms with Gasteiger partial charge in [0.05, 0.1) is 0 Å². The van der Waals surface area contributed by atoms with E-state index in [9.17, 15) is 4.39 Å². The van der Waals surface area contributed by atoms with Crippen LogP contribution in [0.15, 0.2) is 24.4 Å². The third-order valence-corrected chi connectivity index (χ3v) is 3.02. The van der Waals surface area contributed by atoms with Gasteiger partial charge >= 0.3 is 0 Å². The highest BCUT2D eigenvalue weighted by molar-refractivity contribution is 7.15. The molecule has 1 aromatic heterocycles. The van der Waals surface area contributed by atoms with Crippen LogP contribution in [-0.4, -0.2) is 10.1 Å². The quantitative estimate of drug-likeness (QED) is 0.821. The number of aromatic hydroxyl groups is 1. The first-order valence-corrected chi connectivity index (χ1v) is 5.16. The van der Waals surface area contributed by atoms with Gasteiger partial charge in [-0.15, -0.1) is 11.3 Å². The van der Waals surface area contributed by atoms with Gasteiger partial charge in [-0.25, -0.2) is 9.37 Å². The second kappa shape index (κ2) is 3.96. The highest BCUT2D eigenvalue weighted by Gasteiger charge is 2.07. The van der Waals surface area contributed by atoms with E-state index in [0.29, 0.717) is 17.1 Å². The third kappa shape index (κ3) is 1.98. The Morgan fingerprint density at radius 2 is 2.27 bits per heavy atom. The van der Waals surface area contributed by atoms with Gasteiger partial charge in [0.1, 0.15) is 5.01 Å². The van der Waals surface area contributed by atoms with Crippen molar-refractivity contribution in [1.82, 2.24) is 4.98 Å². The number of nitrogens with zero attached hydrogens (tertiary/aromatic N) is 1. The molecule has 0 radical (unpaired) electrons. The zero-order chi connectivity index (χ0) is 10.8. The molecule has 2 aromatic rings. The molecule has 78 valence electrons. The lowest BCUT2D eigenvalue weighted by molar-refractivity contribution is 0.432. The molecule has 0 atom stereocenters. The van der Waals surface area contributed by atoms with Gasteiger partial charge in [0, 0.05) is 23.2 Å². The Hall–Kier alpha value is -1.46. The normalized spacial score (nSPS) is 10.5. The monoisotopic (exact) mass is 224 g/mol. The summed E-state index contributed by atoms with van der Waals surface area (Å²) in [6.45, 7) is 0.429. The number of phenolic OH excluding ortho intramolecular Hbond substituents is 1. The Morgan fingerprint density at radius 3 is 2.87 bits per heavy atom. The lowest BCUT2D eigenvalue weighted by atomic mass is 10.2. The molecule has 15 heavy (non-hydrogen) atoms. The van der Waals surface area contributed by atoms with Gasteiger partial charge in [-0.05, 0) is 18.2 Å². The molecular weight excluding hydrogens is 215 g/mol. The zero-order valence-electron chi connectivity index (χ0n) is 7.77. The molecule has 0 fully saturated rings. The fourth-order valence-corrected chi connectivity index (χ4v) is 1.96. The van der Waals surface area contributed by atoms with Crippen LogP contribution >= 0.6 is 11.3 Å². The number of halogens is 1. The summed E-state index contributed by atoms with van der Waals surface area (Å²) >= 11 is 1.42. The van der Waals surface area contributed by atoms with Crippen molar-refractivity contribution in [2.24, 2.45) is 5.73 Å². The van der Waals surface area contributed by atoms with Gasteiger partial charge < -0.3 is 10.8 Å². The van der Waals surface area contributed by atoms with Crippen molar-refractivity contribution >= 4 is 11.3 Å². The van der Waals surface area contributed by atoms with E-state index in [1.54, 1.807) is 12.3 Å². The van der Waals surface area contributed by atoms with E-state index in [0.717, 1.165) is 4.88 Å². The molecule has 0 saturated carbocycles. The van der Waals surface area contributed by atoms with Gasteiger partial charge in [-0.3, -0.25) is 0 Å². The maximum absolute atomic E-state index is 13.1. The van der Waals surface area contributed by atoms with E-state index in [-0.39, 0.29) is 5.75 Å². The summed E-state index contributed by atoms with van der Waals surface area (Å²) in [4.78, 5) is 5.06. The summed E-state index contributed by atoms with van der Waals surface area (Å²) in [7, 11) is 0. The van der Waals surface area contributed by atoms with Crippen molar-refractivity contribution in [3.63, 3.8) is 0 Å². The lowest BCUT2D eigenvalue weighted by Crippen LogP contribution is -1.91. The van der Waals surface area contributed by atoms with Crippen LogP contribution in [-0.2, 0) is 6.54 Å². The van der Waals surface area contributed by atoms with Crippen LogP contribution in [0.3, 0.4) is 0 Å². The van der Waals surface area contributed by atoms with Crippen molar-refractivity contribution in [2.45, 2.75) is 6.54 Å². The average Bonchev–Trinajstić information content (AvgIpc) is 2.70. The zero-order valence-corrected chi connectivity index (χ0v) is 8.59. The second-order valence-corrected chi connectivity index (χ2v) is 4.12. The predicted octanol–water partition coefficient (Wildman–Crippen LogP) is 2.11. The second-order valence-electron chi connectivity index (χ2n) is 3.00. The smallest absolute Gasteiger partial charge is 0.165 e. The van der Waals surface area contributed by atoms with Crippen LogP contribution < -0.4 is 5.73 Å². The molecule has 3 N–H and O–H groups in total. The van der Waals surface area contributed by atoms with Gasteiger partial charge in [0.25, 0.3) is 0 Å². The molecule has 5 heteroatoms. The standard InChI is InChI=1S/C10H9FN2OS/c11-8-3-6(1-2-9(8)14)10-13-5-7(4-12)15-10/h1-3,5,14H,4,12H2. The van der Waals surface area contributed by atoms with E-state index in [1.165, 1.54) is 23.5 Å². The molecule has 0 saturated heterocycles.